The zero-order valence-electron chi connectivity index (χ0n) is 31.3. The van der Waals surface area contributed by atoms with Gasteiger partial charge in [-0.1, -0.05) is 40.8 Å². The Morgan fingerprint density at radius 1 is 0.769 bits per heavy atom. The monoisotopic (exact) mass is 923 g/mol. The molecule has 7 heteroatoms. The number of nitrogens with zero attached hydrogens (tertiary/aromatic N) is 4. The van der Waals surface area contributed by atoms with Crippen molar-refractivity contribution in [1.29, 1.82) is 0 Å². The second-order valence-electron chi connectivity index (χ2n) is 14.8. The summed E-state index contributed by atoms with van der Waals surface area (Å²) >= 11 is -1.85. The van der Waals surface area contributed by atoms with Crippen LogP contribution in [0.3, 0.4) is 0 Å². The third-order valence-electron chi connectivity index (χ3n) is 9.43. The Kier molecular flexibility index (Phi) is 10.7. The van der Waals surface area contributed by atoms with Crippen LogP contribution in [0.5, 0.6) is 0 Å². The summed E-state index contributed by atoms with van der Waals surface area (Å²) in [6.45, 7) is 13.0. The molecule has 0 aliphatic heterocycles. The largest absolute Gasteiger partial charge is 0.486 e. The number of furan rings is 1. The Labute approximate surface area is 323 Å². The molecule has 0 amide bonds. The fourth-order valence-electron chi connectivity index (χ4n) is 7.10. The third-order valence-corrected chi connectivity index (χ3v) is 13.7. The van der Waals surface area contributed by atoms with Gasteiger partial charge in [-0.25, -0.2) is 4.98 Å². The first-order valence-corrected chi connectivity index (χ1v) is 25.0. The zero-order valence-corrected chi connectivity index (χ0v) is 35.8. The smallest absolute Gasteiger partial charge is 0.216 e. The van der Waals surface area contributed by atoms with E-state index in [9.17, 15) is 0 Å². The second-order valence-corrected chi connectivity index (χ2v) is 25.4. The topological polar surface area (TPSA) is 56.7 Å². The number of imidazole rings is 1. The van der Waals surface area contributed by atoms with E-state index in [0.717, 1.165) is 61.4 Å². The van der Waals surface area contributed by atoms with Crippen molar-refractivity contribution >= 4 is 50.8 Å². The van der Waals surface area contributed by atoms with E-state index in [1.165, 1.54) is 26.6 Å². The summed E-state index contributed by atoms with van der Waals surface area (Å²) in [5.41, 5.74) is 13.6. The van der Waals surface area contributed by atoms with E-state index >= 15 is 0 Å². The summed E-state index contributed by atoms with van der Waals surface area (Å²) in [5.74, 6) is 8.65. The SMILES string of the molecule is CC(C)c1cc(-c2[c-]cccc2)nc[c]1[Ge]([CH3])([CH3])[CH3].Cc1cc(C)c(-n2c(-c3[c-]ccc4c3oc3nc(C)ccc34)nc3ccccc32)c(C)c1.[Ir]. The zero-order chi connectivity index (χ0) is 36.0. The molecule has 0 fully saturated rings. The number of fused-ring (bicyclic) bond motifs is 4. The average Bonchev–Trinajstić information content (AvgIpc) is 3.66. The van der Waals surface area contributed by atoms with Gasteiger partial charge >= 0.3 is 119 Å². The minimum absolute atomic E-state index is 0. The van der Waals surface area contributed by atoms with Crippen LogP contribution in [-0.4, -0.2) is 32.8 Å². The van der Waals surface area contributed by atoms with Gasteiger partial charge in [0.2, 0.25) is 5.71 Å². The van der Waals surface area contributed by atoms with E-state index in [1.807, 2.05) is 49.4 Å². The summed E-state index contributed by atoms with van der Waals surface area (Å²) < 4.78 is 10.1. The van der Waals surface area contributed by atoms with E-state index in [4.69, 9.17) is 9.40 Å². The molecule has 0 saturated carbocycles. The first-order valence-electron chi connectivity index (χ1n) is 17.6. The molecule has 4 heterocycles. The Balaban J connectivity index is 0.000000200. The van der Waals surface area contributed by atoms with E-state index in [1.54, 1.807) is 0 Å². The maximum atomic E-state index is 6.29. The second kappa shape index (κ2) is 14.9. The van der Waals surface area contributed by atoms with Crippen molar-refractivity contribution < 1.29 is 24.5 Å². The van der Waals surface area contributed by atoms with Gasteiger partial charge < -0.3 is 8.98 Å². The molecule has 0 N–H and O–H groups in total. The third kappa shape index (κ3) is 7.17. The number of pyridine rings is 2. The van der Waals surface area contributed by atoms with Crippen LogP contribution in [0.1, 0.15) is 47.7 Å². The maximum Gasteiger partial charge on any atom is 0.216 e. The Morgan fingerprint density at radius 3 is 2.19 bits per heavy atom. The number of para-hydroxylation sites is 2. The molecule has 0 spiro atoms. The standard InChI is InChI=1S/C28H22N3O.C17H22GeN.Ir/c1-16-14-17(2)25(18(3)15-16)31-24-11-6-5-10-23(24)30-27(31)22-9-7-8-20-21-13-12-19(4)29-28(21)32-26(20)22;1-13(2)15-11-17(14-9-7-6-8-10-14)19-12-16(15)18(3,4)5;/h5-8,10-15H,1-4H3;6-9,11-13H,1-5H3;/q2*-1;. The molecule has 265 valence electrons. The molecule has 0 unspecified atom stereocenters. The molecule has 0 aliphatic carbocycles. The van der Waals surface area contributed by atoms with Crippen molar-refractivity contribution in [2.75, 3.05) is 0 Å². The number of hydrogen-bond donors (Lipinski definition) is 0. The number of aromatic nitrogens is 4. The first-order chi connectivity index (χ1) is 24.4. The normalized spacial score (nSPS) is 11.6. The summed E-state index contributed by atoms with van der Waals surface area (Å²) in [6.07, 6.45) is 2.12. The fourth-order valence-corrected chi connectivity index (χ4v) is 10.6. The molecule has 0 atom stereocenters. The van der Waals surface area contributed by atoms with Crippen molar-refractivity contribution in [2.24, 2.45) is 0 Å². The number of rotatable bonds is 5. The molecule has 4 aromatic heterocycles. The van der Waals surface area contributed by atoms with E-state index < -0.39 is 13.3 Å². The van der Waals surface area contributed by atoms with Gasteiger partial charge in [0, 0.05) is 36.9 Å². The van der Waals surface area contributed by atoms with Crippen LogP contribution in [0.2, 0.25) is 17.3 Å². The van der Waals surface area contributed by atoms with Crippen LogP contribution in [0.4, 0.5) is 0 Å². The first kappa shape index (κ1) is 37.4. The predicted octanol–water partition coefficient (Wildman–Crippen LogP) is 11.2. The Morgan fingerprint density at radius 2 is 1.50 bits per heavy atom. The Bertz CT molecular complexity index is 2520. The molecular weight excluding hydrogens is 877 g/mol. The molecular formula is C45H44GeIrN4O-2. The van der Waals surface area contributed by atoms with Gasteiger partial charge in [0.1, 0.15) is 0 Å². The number of hydrogen-bond acceptors (Lipinski definition) is 4. The van der Waals surface area contributed by atoms with Crippen LogP contribution >= 0.6 is 0 Å². The van der Waals surface area contributed by atoms with Crippen LogP contribution in [0.25, 0.3) is 61.4 Å². The molecule has 5 nitrogen and oxygen atoms in total. The summed E-state index contributed by atoms with van der Waals surface area (Å²) in [7, 11) is 0. The number of aryl methyl sites for hydroxylation is 4. The molecule has 52 heavy (non-hydrogen) atoms. The van der Waals surface area contributed by atoms with Gasteiger partial charge in [0.15, 0.2) is 0 Å². The summed E-state index contributed by atoms with van der Waals surface area (Å²) in [5, 5.41) is 2.03. The molecule has 8 rings (SSSR count). The Hall–Kier alpha value is -4.36. The van der Waals surface area contributed by atoms with Crippen LogP contribution in [0, 0.1) is 39.8 Å². The number of benzene rings is 4. The van der Waals surface area contributed by atoms with Gasteiger partial charge in [-0.3, -0.25) is 4.98 Å². The van der Waals surface area contributed by atoms with Crippen molar-refractivity contribution in [3.8, 4) is 28.3 Å². The van der Waals surface area contributed by atoms with Gasteiger partial charge in [-0.05, 0) is 63.1 Å². The summed E-state index contributed by atoms with van der Waals surface area (Å²) in [6, 6.07) is 37.8. The van der Waals surface area contributed by atoms with Gasteiger partial charge in [-0.2, -0.15) is 0 Å². The average molecular weight is 922 g/mol. The van der Waals surface area contributed by atoms with Crippen molar-refractivity contribution in [3.63, 3.8) is 0 Å². The molecule has 1 radical (unpaired) electrons. The van der Waals surface area contributed by atoms with E-state index in [-0.39, 0.29) is 20.1 Å². The van der Waals surface area contributed by atoms with Gasteiger partial charge in [0.25, 0.3) is 0 Å². The molecule has 0 aliphatic rings. The minimum atomic E-state index is -1.85. The quantitative estimate of drug-likeness (QED) is 0.127. The molecule has 0 saturated heterocycles. The van der Waals surface area contributed by atoms with Crippen LogP contribution in [0.15, 0.2) is 102 Å². The predicted molar refractivity (Wildman–Crippen MR) is 215 cm³/mol. The van der Waals surface area contributed by atoms with Gasteiger partial charge in [-0.15, -0.1) is 18.2 Å². The van der Waals surface area contributed by atoms with Crippen LogP contribution < -0.4 is 4.40 Å². The van der Waals surface area contributed by atoms with E-state index in [0.29, 0.717) is 11.6 Å². The van der Waals surface area contributed by atoms with Gasteiger partial charge in [0.05, 0.1) is 22.4 Å². The van der Waals surface area contributed by atoms with Crippen molar-refractivity contribution in [1.82, 2.24) is 19.5 Å². The molecule has 0 bridgehead atoms. The summed E-state index contributed by atoms with van der Waals surface area (Å²) in [4.78, 5) is 14.3. The van der Waals surface area contributed by atoms with Crippen molar-refractivity contribution in [3.05, 3.63) is 137 Å². The van der Waals surface area contributed by atoms with Crippen LogP contribution in [-0.2, 0) is 20.1 Å². The fraction of sp³-hybridized carbons (Fsp3) is 0.222. The molecule has 4 aromatic carbocycles. The van der Waals surface area contributed by atoms with E-state index in [2.05, 4.69) is 133 Å². The van der Waals surface area contributed by atoms with Crippen molar-refractivity contribution in [2.45, 2.75) is 64.7 Å². The maximum absolute atomic E-state index is 6.29. The minimum Gasteiger partial charge on any atom is -0.486 e. The molecule has 8 aromatic rings.